The third-order valence-corrected chi connectivity index (χ3v) is 2.81. The molecule has 1 N–H and O–H groups in total. The predicted molar refractivity (Wildman–Crippen MR) is 61.9 cm³/mol. The van der Waals surface area contributed by atoms with Crippen molar-refractivity contribution in [3.8, 4) is 0 Å². The van der Waals surface area contributed by atoms with Crippen molar-refractivity contribution >= 4 is 11.6 Å². The van der Waals surface area contributed by atoms with Crippen LogP contribution in [0.3, 0.4) is 0 Å². The molecule has 1 aliphatic rings. The van der Waals surface area contributed by atoms with Gasteiger partial charge in [-0.2, -0.15) is 0 Å². The van der Waals surface area contributed by atoms with Crippen molar-refractivity contribution in [3.63, 3.8) is 0 Å². The minimum atomic E-state index is -0.316. The van der Waals surface area contributed by atoms with E-state index < -0.39 is 0 Å². The number of hydrogen-bond acceptors (Lipinski definition) is 2. The van der Waals surface area contributed by atoms with Gasteiger partial charge in [-0.3, -0.25) is 0 Å². The maximum Gasteiger partial charge on any atom is 0.129 e. The van der Waals surface area contributed by atoms with Gasteiger partial charge in [-0.05, 0) is 25.3 Å². The van der Waals surface area contributed by atoms with E-state index in [4.69, 9.17) is 16.3 Å². The van der Waals surface area contributed by atoms with Crippen LogP contribution in [0, 0.1) is 5.82 Å². The van der Waals surface area contributed by atoms with Crippen molar-refractivity contribution in [1.82, 2.24) is 5.32 Å². The van der Waals surface area contributed by atoms with Gasteiger partial charge in [-0.15, -0.1) is 0 Å². The number of hydrogen-bond donors (Lipinski definition) is 1. The summed E-state index contributed by atoms with van der Waals surface area (Å²) in [6, 6.07) is 4.44. The topological polar surface area (TPSA) is 21.3 Å². The van der Waals surface area contributed by atoms with E-state index in [1.54, 1.807) is 19.2 Å². The summed E-state index contributed by atoms with van der Waals surface area (Å²) >= 11 is 5.72. The zero-order valence-electron chi connectivity index (χ0n) is 8.97. The highest BCUT2D eigenvalue weighted by Gasteiger charge is 2.21. The normalized spacial score (nSPS) is 16.8. The highest BCUT2D eigenvalue weighted by molar-refractivity contribution is 6.30. The standard InChI is InChI=1S/C12H13ClFNO/c1-15-12(11-3-2-6-16-11)9-5-4-8(13)7-10(9)14/h3-5,7,12,15H,2,6H2,1H3. The number of rotatable bonds is 3. The van der Waals surface area contributed by atoms with Gasteiger partial charge in [0.15, 0.2) is 0 Å². The summed E-state index contributed by atoms with van der Waals surface area (Å²) in [5.74, 6) is 0.465. The number of halogens is 2. The van der Waals surface area contributed by atoms with Crippen LogP contribution in [0.5, 0.6) is 0 Å². The monoisotopic (exact) mass is 241 g/mol. The maximum atomic E-state index is 13.7. The van der Waals surface area contributed by atoms with Gasteiger partial charge in [0.25, 0.3) is 0 Å². The molecule has 2 nitrogen and oxygen atoms in total. The number of ether oxygens (including phenoxy) is 1. The van der Waals surface area contributed by atoms with Gasteiger partial charge in [0.1, 0.15) is 11.6 Å². The molecular formula is C12H13ClFNO. The smallest absolute Gasteiger partial charge is 0.129 e. The second-order valence-corrected chi connectivity index (χ2v) is 4.07. The van der Waals surface area contributed by atoms with E-state index in [0.29, 0.717) is 17.2 Å². The molecule has 0 aliphatic carbocycles. The number of benzene rings is 1. The lowest BCUT2D eigenvalue weighted by Gasteiger charge is -2.18. The lowest BCUT2D eigenvalue weighted by Crippen LogP contribution is -2.20. The predicted octanol–water partition coefficient (Wildman–Crippen LogP) is 3.04. The van der Waals surface area contributed by atoms with Crippen LogP contribution in [0.15, 0.2) is 30.0 Å². The molecule has 1 aliphatic heterocycles. The number of nitrogens with one attached hydrogen (secondary N) is 1. The van der Waals surface area contributed by atoms with Gasteiger partial charge in [-0.1, -0.05) is 17.7 Å². The van der Waals surface area contributed by atoms with Crippen LogP contribution in [-0.2, 0) is 4.74 Å². The Morgan fingerprint density at radius 2 is 2.31 bits per heavy atom. The van der Waals surface area contributed by atoms with Gasteiger partial charge in [-0.25, -0.2) is 4.39 Å². The second-order valence-electron chi connectivity index (χ2n) is 3.63. The van der Waals surface area contributed by atoms with Crippen LogP contribution in [0.25, 0.3) is 0 Å². The van der Waals surface area contributed by atoms with Crippen molar-refractivity contribution < 1.29 is 9.13 Å². The van der Waals surface area contributed by atoms with E-state index in [-0.39, 0.29) is 11.9 Å². The van der Waals surface area contributed by atoms with Crippen LogP contribution >= 0.6 is 11.6 Å². The lowest BCUT2D eigenvalue weighted by atomic mass is 10.0. The van der Waals surface area contributed by atoms with E-state index in [9.17, 15) is 4.39 Å². The van der Waals surface area contributed by atoms with Gasteiger partial charge in [0.05, 0.1) is 12.6 Å². The summed E-state index contributed by atoms with van der Waals surface area (Å²) in [4.78, 5) is 0. The molecule has 1 atom stereocenters. The zero-order valence-corrected chi connectivity index (χ0v) is 9.72. The van der Waals surface area contributed by atoms with Gasteiger partial charge in [0, 0.05) is 17.0 Å². The molecule has 0 saturated heterocycles. The average molecular weight is 242 g/mol. The lowest BCUT2D eigenvalue weighted by molar-refractivity contribution is 0.217. The van der Waals surface area contributed by atoms with Crippen molar-refractivity contribution in [1.29, 1.82) is 0 Å². The number of likely N-dealkylation sites (N-methyl/N-ethyl adjacent to an activating group) is 1. The molecule has 0 fully saturated rings. The molecule has 1 unspecified atom stereocenters. The molecule has 1 heterocycles. The zero-order chi connectivity index (χ0) is 11.5. The van der Waals surface area contributed by atoms with Crippen LogP contribution in [-0.4, -0.2) is 13.7 Å². The quantitative estimate of drug-likeness (QED) is 0.878. The van der Waals surface area contributed by atoms with Crippen LogP contribution in [0.4, 0.5) is 4.39 Å². The van der Waals surface area contributed by atoms with Crippen molar-refractivity contribution in [2.75, 3.05) is 13.7 Å². The Kier molecular flexibility index (Phi) is 3.46. The Labute approximate surface area is 99.1 Å². The van der Waals surface area contributed by atoms with E-state index in [2.05, 4.69) is 5.32 Å². The minimum absolute atomic E-state index is 0.236. The SMILES string of the molecule is CNC(C1=CCCO1)c1ccc(Cl)cc1F. The molecule has 1 aromatic rings. The van der Waals surface area contributed by atoms with E-state index in [0.717, 1.165) is 12.2 Å². The van der Waals surface area contributed by atoms with Gasteiger partial charge < -0.3 is 10.1 Å². The van der Waals surface area contributed by atoms with E-state index in [1.807, 2.05) is 6.08 Å². The molecule has 0 spiro atoms. The summed E-state index contributed by atoms with van der Waals surface area (Å²) in [7, 11) is 1.78. The largest absolute Gasteiger partial charge is 0.496 e. The highest BCUT2D eigenvalue weighted by atomic mass is 35.5. The first-order chi connectivity index (χ1) is 7.72. The van der Waals surface area contributed by atoms with Crippen LogP contribution < -0.4 is 5.32 Å². The Morgan fingerprint density at radius 3 is 2.88 bits per heavy atom. The Balaban J connectivity index is 2.32. The first-order valence-electron chi connectivity index (χ1n) is 5.17. The second kappa shape index (κ2) is 4.85. The molecule has 0 amide bonds. The fourth-order valence-corrected chi connectivity index (χ4v) is 1.98. The maximum absolute atomic E-state index is 13.7. The third kappa shape index (κ3) is 2.20. The average Bonchev–Trinajstić information content (AvgIpc) is 2.75. The Hall–Kier alpha value is -1.06. The minimum Gasteiger partial charge on any atom is -0.496 e. The van der Waals surface area contributed by atoms with Gasteiger partial charge in [0.2, 0.25) is 0 Å². The molecule has 0 radical (unpaired) electrons. The van der Waals surface area contributed by atoms with E-state index in [1.165, 1.54) is 6.07 Å². The molecule has 86 valence electrons. The summed E-state index contributed by atoms with van der Waals surface area (Å²) in [6.45, 7) is 0.669. The van der Waals surface area contributed by atoms with Crippen molar-refractivity contribution in [2.45, 2.75) is 12.5 Å². The van der Waals surface area contributed by atoms with Crippen LogP contribution in [0.2, 0.25) is 5.02 Å². The Bertz CT molecular complexity index is 419. The van der Waals surface area contributed by atoms with E-state index >= 15 is 0 Å². The summed E-state index contributed by atoms with van der Waals surface area (Å²) in [5, 5.41) is 3.44. The molecule has 0 bridgehead atoms. The summed E-state index contributed by atoms with van der Waals surface area (Å²) in [5.41, 5.74) is 0.556. The van der Waals surface area contributed by atoms with Gasteiger partial charge >= 0.3 is 0 Å². The summed E-state index contributed by atoms with van der Waals surface area (Å²) in [6.07, 6.45) is 2.86. The first kappa shape index (κ1) is 11.4. The molecular weight excluding hydrogens is 229 g/mol. The van der Waals surface area contributed by atoms with Crippen molar-refractivity contribution in [3.05, 3.63) is 46.4 Å². The molecule has 2 rings (SSSR count). The van der Waals surface area contributed by atoms with Crippen molar-refractivity contribution in [2.24, 2.45) is 0 Å². The molecule has 16 heavy (non-hydrogen) atoms. The van der Waals surface area contributed by atoms with Crippen LogP contribution in [0.1, 0.15) is 18.0 Å². The fourth-order valence-electron chi connectivity index (χ4n) is 1.82. The highest BCUT2D eigenvalue weighted by Crippen LogP contribution is 2.29. The summed E-state index contributed by atoms with van der Waals surface area (Å²) < 4.78 is 19.2. The third-order valence-electron chi connectivity index (χ3n) is 2.58. The Morgan fingerprint density at radius 1 is 1.50 bits per heavy atom. The fraction of sp³-hybridized carbons (Fsp3) is 0.333. The first-order valence-corrected chi connectivity index (χ1v) is 5.55. The molecule has 0 saturated carbocycles. The molecule has 4 heteroatoms. The molecule has 0 aromatic heterocycles. The molecule has 1 aromatic carbocycles.